The number of pyridine rings is 1. The molecule has 0 fully saturated rings. The van der Waals surface area contributed by atoms with Gasteiger partial charge in [-0.15, -0.1) is 0 Å². The number of benzene rings is 1. The van der Waals surface area contributed by atoms with Gasteiger partial charge in [0.1, 0.15) is 0 Å². The highest BCUT2D eigenvalue weighted by molar-refractivity contribution is 6.06. The van der Waals surface area contributed by atoms with Crippen molar-refractivity contribution in [3.05, 3.63) is 76.4 Å². The first-order valence-electron chi connectivity index (χ1n) is 10.1. The maximum absolute atomic E-state index is 13.0. The third-order valence-corrected chi connectivity index (χ3v) is 5.14. The first kappa shape index (κ1) is 19.8. The normalized spacial score (nSPS) is 11.2. The van der Waals surface area contributed by atoms with Crippen LogP contribution in [0.5, 0.6) is 0 Å². The van der Waals surface area contributed by atoms with Crippen LogP contribution in [0.2, 0.25) is 0 Å². The Balaban J connectivity index is 1.59. The number of hydrogen-bond acceptors (Lipinski definition) is 4. The Hall–Kier alpha value is -3.48. The van der Waals surface area contributed by atoms with E-state index in [1.54, 1.807) is 0 Å². The van der Waals surface area contributed by atoms with Crippen molar-refractivity contribution in [2.45, 2.75) is 40.8 Å². The van der Waals surface area contributed by atoms with Crippen LogP contribution in [0.1, 0.15) is 38.7 Å². The Bertz CT molecular complexity index is 1210. The summed E-state index contributed by atoms with van der Waals surface area (Å²) in [7, 11) is 0. The molecule has 154 valence electrons. The molecule has 0 aliphatic rings. The molecule has 0 aliphatic heterocycles. The van der Waals surface area contributed by atoms with E-state index in [4.69, 9.17) is 0 Å². The Labute approximate surface area is 175 Å². The molecule has 1 aromatic carbocycles. The van der Waals surface area contributed by atoms with E-state index in [0.717, 1.165) is 39.4 Å². The lowest BCUT2D eigenvalue weighted by Crippen LogP contribution is -2.28. The van der Waals surface area contributed by atoms with Crippen molar-refractivity contribution in [2.75, 3.05) is 6.54 Å². The summed E-state index contributed by atoms with van der Waals surface area (Å²) >= 11 is 0. The molecule has 4 aromatic rings. The number of aryl methyl sites for hydroxylation is 4. The topological polar surface area (TPSA) is 77.6 Å². The maximum atomic E-state index is 13.0. The van der Waals surface area contributed by atoms with Gasteiger partial charge < -0.3 is 5.32 Å². The molecule has 0 unspecified atom stereocenters. The molecule has 0 bridgehead atoms. The molecule has 1 amide bonds. The SMILES string of the molecule is Cc1cc(C(=O)NCCn2nc(C)cc2C)c2c(C)nn(Cc3ccccc3)c2n1. The van der Waals surface area contributed by atoms with Crippen LogP contribution < -0.4 is 5.32 Å². The van der Waals surface area contributed by atoms with Gasteiger partial charge in [-0.2, -0.15) is 10.2 Å². The van der Waals surface area contributed by atoms with Gasteiger partial charge in [0.25, 0.3) is 5.91 Å². The molecule has 7 nitrogen and oxygen atoms in total. The smallest absolute Gasteiger partial charge is 0.252 e. The molecular formula is C23H26N6O. The Morgan fingerprint density at radius 1 is 0.967 bits per heavy atom. The Morgan fingerprint density at radius 2 is 1.73 bits per heavy atom. The number of carbonyl (C=O) groups excluding carboxylic acids is 1. The quantitative estimate of drug-likeness (QED) is 0.537. The van der Waals surface area contributed by atoms with E-state index in [2.05, 4.69) is 32.6 Å². The van der Waals surface area contributed by atoms with E-state index in [1.807, 2.05) is 67.4 Å². The van der Waals surface area contributed by atoms with Crippen molar-refractivity contribution >= 4 is 16.9 Å². The van der Waals surface area contributed by atoms with Crippen molar-refractivity contribution in [3.63, 3.8) is 0 Å². The Morgan fingerprint density at radius 3 is 2.43 bits per heavy atom. The van der Waals surface area contributed by atoms with E-state index in [9.17, 15) is 4.79 Å². The number of rotatable bonds is 6. The number of amides is 1. The van der Waals surface area contributed by atoms with Crippen molar-refractivity contribution in [2.24, 2.45) is 0 Å². The molecule has 0 atom stereocenters. The predicted octanol–water partition coefficient (Wildman–Crippen LogP) is 3.34. The first-order chi connectivity index (χ1) is 14.4. The van der Waals surface area contributed by atoms with Gasteiger partial charge in [-0.05, 0) is 45.4 Å². The van der Waals surface area contributed by atoms with E-state index < -0.39 is 0 Å². The minimum atomic E-state index is -0.116. The number of nitrogens with one attached hydrogen (secondary N) is 1. The van der Waals surface area contributed by atoms with Crippen LogP contribution in [-0.4, -0.2) is 37.0 Å². The van der Waals surface area contributed by atoms with Crippen LogP contribution in [0.25, 0.3) is 11.0 Å². The van der Waals surface area contributed by atoms with Crippen LogP contribution in [0.4, 0.5) is 0 Å². The van der Waals surface area contributed by atoms with Crippen LogP contribution in [0, 0.1) is 27.7 Å². The van der Waals surface area contributed by atoms with Crippen LogP contribution >= 0.6 is 0 Å². The third kappa shape index (κ3) is 3.96. The van der Waals surface area contributed by atoms with E-state index in [-0.39, 0.29) is 5.91 Å². The van der Waals surface area contributed by atoms with Crippen LogP contribution in [0.3, 0.4) is 0 Å². The largest absolute Gasteiger partial charge is 0.350 e. The number of nitrogens with zero attached hydrogens (tertiary/aromatic N) is 5. The summed E-state index contributed by atoms with van der Waals surface area (Å²) in [5.74, 6) is -0.116. The monoisotopic (exact) mass is 402 g/mol. The molecule has 4 rings (SSSR count). The minimum absolute atomic E-state index is 0.116. The fourth-order valence-corrected chi connectivity index (χ4v) is 3.80. The molecule has 3 aromatic heterocycles. The average Bonchev–Trinajstić information content (AvgIpc) is 3.20. The van der Waals surface area contributed by atoms with Crippen LogP contribution in [0.15, 0.2) is 42.5 Å². The van der Waals surface area contributed by atoms with Gasteiger partial charge in [0, 0.05) is 17.9 Å². The zero-order valence-electron chi connectivity index (χ0n) is 17.8. The van der Waals surface area contributed by atoms with Crippen molar-refractivity contribution in [3.8, 4) is 0 Å². The van der Waals surface area contributed by atoms with E-state index in [1.165, 1.54) is 0 Å². The summed E-state index contributed by atoms with van der Waals surface area (Å²) in [6.45, 7) is 9.55. The molecule has 0 saturated carbocycles. The fraction of sp³-hybridized carbons (Fsp3) is 0.304. The van der Waals surface area contributed by atoms with E-state index in [0.29, 0.717) is 25.2 Å². The number of carbonyl (C=O) groups is 1. The third-order valence-electron chi connectivity index (χ3n) is 5.14. The first-order valence-corrected chi connectivity index (χ1v) is 10.1. The van der Waals surface area contributed by atoms with Gasteiger partial charge in [-0.3, -0.25) is 9.48 Å². The molecule has 0 spiro atoms. The van der Waals surface area contributed by atoms with Gasteiger partial charge in [-0.25, -0.2) is 9.67 Å². The minimum Gasteiger partial charge on any atom is -0.350 e. The van der Waals surface area contributed by atoms with Gasteiger partial charge in [-0.1, -0.05) is 30.3 Å². The van der Waals surface area contributed by atoms with Crippen LogP contribution in [-0.2, 0) is 13.1 Å². The highest BCUT2D eigenvalue weighted by atomic mass is 16.1. The summed E-state index contributed by atoms with van der Waals surface area (Å²) in [6.07, 6.45) is 0. The zero-order valence-corrected chi connectivity index (χ0v) is 17.8. The second kappa shape index (κ2) is 8.10. The maximum Gasteiger partial charge on any atom is 0.252 e. The van der Waals surface area contributed by atoms with Crippen molar-refractivity contribution < 1.29 is 4.79 Å². The van der Waals surface area contributed by atoms with Gasteiger partial charge >= 0.3 is 0 Å². The molecule has 0 saturated heterocycles. The number of hydrogen-bond donors (Lipinski definition) is 1. The van der Waals surface area contributed by atoms with Crippen molar-refractivity contribution in [1.82, 2.24) is 29.9 Å². The second-order valence-electron chi connectivity index (χ2n) is 7.64. The molecule has 3 heterocycles. The van der Waals surface area contributed by atoms with Gasteiger partial charge in [0.15, 0.2) is 5.65 Å². The highest BCUT2D eigenvalue weighted by Gasteiger charge is 2.19. The standard InChI is InChI=1S/C23H26N6O/c1-15-13-20(23(30)24-10-11-28-17(3)12-16(2)26-28)21-18(4)27-29(22(21)25-15)14-19-8-6-5-7-9-19/h5-9,12-13H,10-11,14H2,1-4H3,(H,24,30). The molecule has 30 heavy (non-hydrogen) atoms. The average molecular weight is 403 g/mol. The fourth-order valence-electron chi connectivity index (χ4n) is 3.80. The molecule has 1 N–H and O–H groups in total. The predicted molar refractivity (Wildman–Crippen MR) is 117 cm³/mol. The Kier molecular flexibility index (Phi) is 5.35. The summed E-state index contributed by atoms with van der Waals surface area (Å²) in [5.41, 5.74) is 6.15. The highest BCUT2D eigenvalue weighted by Crippen LogP contribution is 2.23. The molecule has 0 aliphatic carbocycles. The van der Waals surface area contributed by atoms with E-state index >= 15 is 0 Å². The summed E-state index contributed by atoms with van der Waals surface area (Å²) in [5, 5.41) is 12.9. The van der Waals surface area contributed by atoms with Gasteiger partial charge in [0.2, 0.25) is 0 Å². The number of aromatic nitrogens is 5. The summed E-state index contributed by atoms with van der Waals surface area (Å²) < 4.78 is 3.78. The lowest BCUT2D eigenvalue weighted by molar-refractivity contribution is 0.0953. The second-order valence-corrected chi connectivity index (χ2v) is 7.64. The number of fused-ring (bicyclic) bond motifs is 1. The molecule has 7 heteroatoms. The van der Waals surface area contributed by atoms with Crippen molar-refractivity contribution in [1.29, 1.82) is 0 Å². The zero-order chi connectivity index (χ0) is 21.3. The molecular weight excluding hydrogens is 376 g/mol. The lowest BCUT2D eigenvalue weighted by Gasteiger charge is -2.09. The van der Waals surface area contributed by atoms with Gasteiger partial charge in [0.05, 0.1) is 35.4 Å². The molecule has 0 radical (unpaired) electrons. The lowest BCUT2D eigenvalue weighted by atomic mass is 10.1. The summed E-state index contributed by atoms with van der Waals surface area (Å²) in [4.78, 5) is 17.7. The summed E-state index contributed by atoms with van der Waals surface area (Å²) in [6, 6.07) is 14.0.